The summed E-state index contributed by atoms with van der Waals surface area (Å²) in [5, 5.41) is 0. The van der Waals surface area contributed by atoms with Crippen molar-refractivity contribution in [3.05, 3.63) is 42.2 Å². The molecule has 5 heteroatoms. The van der Waals surface area contributed by atoms with E-state index < -0.39 is 0 Å². The van der Waals surface area contributed by atoms with Gasteiger partial charge in [-0.25, -0.2) is 4.39 Å². The van der Waals surface area contributed by atoms with Crippen LogP contribution in [0.2, 0.25) is 0 Å². The number of carbonyl (C=O) groups is 2. The van der Waals surface area contributed by atoms with Crippen molar-refractivity contribution in [1.82, 2.24) is 4.90 Å². The fourth-order valence-electron chi connectivity index (χ4n) is 1.62. The lowest BCUT2D eigenvalue weighted by atomic mass is 10.3. The van der Waals surface area contributed by atoms with Crippen molar-refractivity contribution in [3.63, 3.8) is 0 Å². The monoisotopic (exact) mass is 249 g/mol. The van der Waals surface area contributed by atoms with Crippen molar-refractivity contribution >= 4 is 11.8 Å². The Bertz CT molecular complexity index is 481. The smallest absolute Gasteiger partial charge is 0.253 e. The molecule has 0 radical (unpaired) electrons. The van der Waals surface area contributed by atoms with Gasteiger partial charge < -0.3 is 4.74 Å². The van der Waals surface area contributed by atoms with E-state index in [0.717, 1.165) is 4.90 Å². The molecule has 0 saturated heterocycles. The third-order valence-electron chi connectivity index (χ3n) is 2.49. The van der Waals surface area contributed by atoms with Gasteiger partial charge >= 0.3 is 0 Å². The van der Waals surface area contributed by atoms with Crippen LogP contribution in [0.5, 0.6) is 5.75 Å². The summed E-state index contributed by atoms with van der Waals surface area (Å²) in [6, 6.07) is 5.83. The molecule has 0 atom stereocenters. The number of hydrogen-bond donors (Lipinski definition) is 0. The number of rotatable bonds is 5. The highest BCUT2D eigenvalue weighted by atomic mass is 19.1. The predicted molar refractivity (Wildman–Crippen MR) is 62.4 cm³/mol. The zero-order chi connectivity index (χ0) is 13.0. The van der Waals surface area contributed by atoms with E-state index in [1.807, 2.05) is 0 Å². The lowest BCUT2D eigenvalue weighted by molar-refractivity contribution is -0.136. The molecule has 18 heavy (non-hydrogen) atoms. The van der Waals surface area contributed by atoms with E-state index in [-0.39, 0.29) is 17.6 Å². The molecule has 0 N–H and O–H groups in total. The second-order valence-corrected chi connectivity index (χ2v) is 3.82. The molecule has 94 valence electrons. The lowest BCUT2D eigenvalue weighted by Crippen LogP contribution is -2.31. The van der Waals surface area contributed by atoms with Gasteiger partial charge in [0.15, 0.2) is 0 Å². The summed E-state index contributed by atoms with van der Waals surface area (Å²) in [5.74, 6) is -0.523. The normalized spacial score (nSPS) is 14.4. The molecule has 1 aromatic carbocycles. The van der Waals surface area contributed by atoms with Crippen molar-refractivity contribution in [1.29, 1.82) is 0 Å². The average Bonchev–Trinajstić information content (AvgIpc) is 2.66. The van der Waals surface area contributed by atoms with Crippen LogP contribution < -0.4 is 4.74 Å². The zero-order valence-electron chi connectivity index (χ0n) is 9.64. The average molecular weight is 249 g/mol. The number of carbonyl (C=O) groups excluding carboxylic acids is 2. The number of ether oxygens (including phenoxy) is 1. The van der Waals surface area contributed by atoms with Gasteiger partial charge in [-0.3, -0.25) is 14.5 Å². The number of imide groups is 1. The SMILES string of the molecule is O=C1C=CC(=O)N1CCCOc1cccc(F)c1. The highest BCUT2D eigenvalue weighted by Crippen LogP contribution is 2.12. The Kier molecular flexibility index (Phi) is 3.72. The zero-order valence-corrected chi connectivity index (χ0v) is 9.64. The van der Waals surface area contributed by atoms with Crippen LogP contribution in [0.25, 0.3) is 0 Å². The van der Waals surface area contributed by atoms with Crippen LogP contribution in [-0.4, -0.2) is 29.9 Å². The molecule has 0 spiro atoms. The number of hydrogen-bond acceptors (Lipinski definition) is 3. The van der Waals surface area contributed by atoms with Gasteiger partial charge in [-0.15, -0.1) is 0 Å². The molecule has 2 amide bonds. The molecule has 2 rings (SSSR count). The largest absolute Gasteiger partial charge is 0.493 e. The van der Waals surface area contributed by atoms with Gasteiger partial charge in [-0.2, -0.15) is 0 Å². The van der Waals surface area contributed by atoms with E-state index in [4.69, 9.17) is 4.74 Å². The van der Waals surface area contributed by atoms with Gasteiger partial charge in [0, 0.05) is 24.8 Å². The molecule has 1 heterocycles. The number of nitrogens with zero attached hydrogens (tertiary/aromatic N) is 1. The molecule has 0 fully saturated rings. The van der Waals surface area contributed by atoms with Crippen LogP contribution >= 0.6 is 0 Å². The van der Waals surface area contributed by atoms with Gasteiger partial charge in [0.2, 0.25) is 0 Å². The molecule has 1 aliphatic rings. The molecular formula is C13H12FNO3. The van der Waals surface area contributed by atoms with Gasteiger partial charge in [0.25, 0.3) is 11.8 Å². The number of halogens is 1. The molecule has 0 aliphatic carbocycles. The van der Waals surface area contributed by atoms with E-state index in [9.17, 15) is 14.0 Å². The van der Waals surface area contributed by atoms with Gasteiger partial charge in [0.05, 0.1) is 6.61 Å². The fraction of sp³-hybridized carbons (Fsp3) is 0.231. The molecule has 4 nitrogen and oxygen atoms in total. The molecule has 0 aromatic heterocycles. The first-order valence-corrected chi connectivity index (χ1v) is 5.59. The second kappa shape index (κ2) is 5.44. The van der Waals surface area contributed by atoms with Crippen molar-refractivity contribution in [2.24, 2.45) is 0 Å². The van der Waals surface area contributed by atoms with E-state index in [1.54, 1.807) is 12.1 Å². The van der Waals surface area contributed by atoms with Crippen molar-refractivity contribution in [2.75, 3.05) is 13.2 Å². The van der Waals surface area contributed by atoms with Crippen LogP contribution in [0.1, 0.15) is 6.42 Å². The minimum atomic E-state index is -0.360. The maximum absolute atomic E-state index is 12.8. The van der Waals surface area contributed by atoms with Crippen LogP contribution in [0, 0.1) is 5.82 Å². The van der Waals surface area contributed by atoms with E-state index in [0.29, 0.717) is 25.3 Å². The quantitative estimate of drug-likeness (QED) is 0.587. The number of benzene rings is 1. The van der Waals surface area contributed by atoms with Crippen molar-refractivity contribution in [3.8, 4) is 5.75 Å². The maximum atomic E-state index is 12.8. The minimum absolute atomic E-state index is 0.300. The van der Waals surface area contributed by atoms with E-state index in [1.165, 1.54) is 24.3 Å². The van der Waals surface area contributed by atoms with Crippen LogP contribution in [0.4, 0.5) is 4.39 Å². The minimum Gasteiger partial charge on any atom is -0.493 e. The molecule has 0 saturated carbocycles. The molecular weight excluding hydrogens is 237 g/mol. The summed E-state index contributed by atoms with van der Waals surface area (Å²) < 4.78 is 18.1. The Morgan fingerprint density at radius 1 is 1.17 bits per heavy atom. The standard InChI is InChI=1S/C13H12FNO3/c14-10-3-1-4-11(9-10)18-8-2-7-15-12(16)5-6-13(15)17/h1,3-6,9H,2,7-8H2. The fourth-order valence-corrected chi connectivity index (χ4v) is 1.62. The van der Waals surface area contributed by atoms with E-state index >= 15 is 0 Å². The Morgan fingerprint density at radius 3 is 2.56 bits per heavy atom. The third kappa shape index (κ3) is 2.94. The Morgan fingerprint density at radius 2 is 1.89 bits per heavy atom. The summed E-state index contributed by atoms with van der Waals surface area (Å²) in [6.45, 7) is 0.625. The van der Waals surface area contributed by atoms with Crippen LogP contribution in [0.15, 0.2) is 36.4 Å². The molecule has 1 aliphatic heterocycles. The summed E-state index contributed by atoms with van der Waals surface area (Å²) in [4.78, 5) is 23.6. The van der Waals surface area contributed by atoms with Crippen LogP contribution in [0.3, 0.4) is 0 Å². The van der Waals surface area contributed by atoms with Crippen LogP contribution in [-0.2, 0) is 9.59 Å². The Hall–Kier alpha value is -2.17. The predicted octanol–water partition coefficient (Wildman–Crippen LogP) is 1.52. The number of amides is 2. The lowest BCUT2D eigenvalue weighted by Gasteiger charge is -2.13. The summed E-state index contributed by atoms with van der Waals surface area (Å²) in [6.07, 6.45) is 3.00. The summed E-state index contributed by atoms with van der Waals surface area (Å²) >= 11 is 0. The molecule has 1 aromatic rings. The molecule has 0 bridgehead atoms. The van der Waals surface area contributed by atoms with E-state index in [2.05, 4.69) is 0 Å². The summed E-state index contributed by atoms with van der Waals surface area (Å²) in [7, 11) is 0. The highest BCUT2D eigenvalue weighted by molar-refractivity contribution is 6.12. The Labute approximate surface area is 104 Å². The highest BCUT2D eigenvalue weighted by Gasteiger charge is 2.22. The maximum Gasteiger partial charge on any atom is 0.253 e. The van der Waals surface area contributed by atoms with Gasteiger partial charge in [-0.1, -0.05) is 6.07 Å². The third-order valence-corrected chi connectivity index (χ3v) is 2.49. The van der Waals surface area contributed by atoms with Gasteiger partial charge in [-0.05, 0) is 18.6 Å². The van der Waals surface area contributed by atoms with Crippen molar-refractivity contribution < 1.29 is 18.7 Å². The topological polar surface area (TPSA) is 46.6 Å². The van der Waals surface area contributed by atoms with Gasteiger partial charge in [0.1, 0.15) is 11.6 Å². The first-order valence-electron chi connectivity index (χ1n) is 5.59. The summed E-state index contributed by atoms with van der Waals surface area (Å²) in [5.41, 5.74) is 0. The first kappa shape index (κ1) is 12.3. The molecule has 0 unspecified atom stereocenters. The first-order chi connectivity index (χ1) is 8.66. The Balaban J connectivity index is 1.73. The van der Waals surface area contributed by atoms with Crippen molar-refractivity contribution in [2.45, 2.75) is 6.42 Å². The second-order valence-electron chi connectivity index (χ2n) is 3.82.